The molecule has 1 aromatic heterocycles. The van der Waals surface area contributed by atoms with E-state index in [-0.39, 0.29) is 5.75 Å². The van der Waals surface area contributed by atoms with Crippen LogP contribution >= 0.6 is 11.5 Å². The third kappa shape index (κ3) is 3.40. The minimum absolute atomic E-state index is 0.129. The van der Waals surface area contributed by atoms with Crippen LogP contribution in [0, 0.1) is 0 Å². The van der Waals surface area contributed by atoms with E-state index < -0.39 is 10.0 Å². The number of sulfonamides is 1. The van der Waals surface area contributed by atoms with E-state index in [0.29, 0.717) is 16.3 Å². The van der Waals surface area contributed by atoms with Crippen molar-refractivity contribution in [1.82, 2.24) is 9.59 Å². The van der Waals surface area contributed by atoms with Gasteiger partial charge in [0.2, 0.25) is 10.0 Å². The fourth-order valence-electron chi connectivity index (χ4n) is 1.30. The lowest BCUT2D eigenvalue weighted by Crippen LogP contribution is -2.14. The topological polar surface area (TPSA) is 98.0 Å². The number of hydrogen-bond acceptors (Lipinski definition) is 6. The molecule has 0 aliphatic carbocycles. The summed E-state index contributed by atoms with van der Waals surface area (Å²) >= 11 is 0.987. The number of hydrogen-bond donors (Lipinski definition) is 2. The van der Waals surface area contributed by atoms with Crippen LogP contribution in [0.5, 0.6) is 0 Å². The Balaban J connectivity index is 2.12. The number of rotatable bonds is 4. The minimum Gasteiger partial charge on any atom is -0.399 e. The summed E-state index contributed by atoms with van der Waals surface area (Å²) in [5.74, 6) is -0.129. The van der Waals surface area contributed by atoms with Gasteiger partial charge in [-0.25, -0.2) is 8.42 Å². The van der Waals surface area contributed by atoms with Gasteiger partial charge in [0.1, 0.15) is 5.00 Å². The van der Waals surface area contributed by atoms with Crippen LogP contribution in [0.3, 0.4) is 0 Å². The molecule has 0 unspecified atom stereocenters. The van der Waals surface area contributed by atoms with E-state index in [9.17, 15) is 8.42 Å². The number of nitrogens with zero attached hydrogens (tertiary/aromatic N) is 2. The molecule has 2 aromatic rings. The number of benzene rings is 1. The molecule has 0 saturated heterocycles. The summed E-state index contributed by atoms with van der Waals surface area (Å²) in [4.78, 5) is 0. The lowest BCUT2D eigenvalue weighted by Gasteiger charge is -2.05. The zero-order valence-corrected chi connectivity index (χ0v) is 10.3. The van der Waals surface area contributed by atoms with Crippen molar-refractivity contribution in [1.29, 1.82) is 0 Å². The zero-order valence-electron chi connectivity index (χ0n) is 8.70. The number of anilines is 2. The molecule has 0 spiro atoms. The van der Waals surface area contributed by atoms with Crippen LogP contribution < -0.4 is 10.5 Å². The second kappa shape index (κ2) is 4.68. The molecular formula is C9H10N4O2S2. The molecule has 2 rings (SSSR count). The third-order valence-electron chi connectivity index (χ3n) is 1.93. The average Bonchev–Trinajstić information content (AvgIpc) is 2.68. The normalized spacial score (nSPS) is 11.3. The SMILES string of the molecule is Nc1cccc(CS(=O)(=O)Nc2cnns2)c1. The van der Waals surface area contributed by atoms with Crippen molar-refractivity contribution in [2.45, 2.75) is 5.75 Å². The molecule has 0 saturated carbocycles. The second-order valence-corrected chi connectivity index (χ2v) is 5.90. The van der Waals surface area contributed by atoms with Crippen LogP contribution in [0.4, 0.5) is 10.7 Å². The lowest BCUT2D eigenvalue weighted by atomic mass is 10.2. The molecule has 8 heteroatoms. The van der Waals surface area contributed by atoms with E-state index in [2.05, 4.69) is 14.3 Å². The summed E-state index contributed by atoms with van der Waals surface area (Å²) < 4.78 is 29.5. The van der Waals surface area contributed by atoms with Crippen LogP contribution in [0.15, 0.2) is 30.5 Å². The van der Waals surface area contributed by atoms with Crippen LogP contribution in [-0.2, 0) is 15.8 Å². The van der Waals surface area contributed by atoms with Gasteiger partial charge in [-0.1, -0.05) is 16.6 Å². The van der Waals surface area contributed by atoms with Crippen molar-refractivity contribution < 1.29 is 8.42 Å². The summed E-state index contributed by atoms with van der Waals surface area (Å²) in [5.41, 5.74) is 6.75. The molecule has 1 aromatic carbocycles. The maximum atomic E-state index is 11.8. The van der Waals surface area contributed by atoms with Gasteiger partial charge in [0, 0.05) is 17.2 Å². The van der Waals surface area contributed by atoms with Gasteiger partial charge >= 0.3 is 0 Å². The Hall–Kier alpha value is -1.67. The molecule has 0 aliphatic rings. The lowest BCUT2D eigenvalue weighted by molar-refractivity contribution is 0.600. The predicted molar refractivity (Wildman–Crippen MR) is 67.0 cm³/mol. The van der Waals surface area contributed by atoms with E-state index in [4.69, 9.17) is 5.73 Å². The van der Waals surface area contributed by atoms with Crippen LogP contribution in [0.1, 0.15) is 5.56 Å². The molecule has 1 heterocycles. The Morgan fingerprint density at radius 1 is 1.41 bits per heavy atom. The first-order chi connectivity index (χ1) is 8.05. The summed E-state index contributed by atoms with van der Waals surface area (Å²) in [7, 11) is -3.45. The van der Waals surface area contributed by atoms with Gasteiger partial charge < -0.3 is 5.73 Å². The highest BCUT2D eigenvalue weighted by Gasteiger charge is 2.12. The molecule has 17 heavy (non-hydrogen) atoms. The molecule has 0 fully saturated rings. The van der Waals surface area contributed by atoms with Crippen LogP contribution in [0.2, 0.25) is 0 Å². The van der Waals surface area contributed by atoms with Crippen molar-refractivity contribution in [2.75, 3.05) is 10.5 Å². The quantitative estimate of drug-likeness (QED) is 0.809. The fraction of sp³-hybridized carbons (Fsp3) is 0.111. The second-order valence-electron chi connectivity index (χ2n) is 3.39. The van der Waals surface area contributed by atoms with Gasteiger partial charge in [-0.05, 0) is 17.7 Å². The number of nitrogens with two attached hydrogens (primary N) is 1. The molecule has 3 N–H and O–H groups in total. The molecule has 0 radical (unpaired) electrons. The van der Waals surface area contributed by atoms with Crippen LogP contribution in [0.25, 0.3) is 0 Å². The van der Waals surface area contributed by atoms with E-state index in [1.807, 2.05) is 0 Å². The number of aromatic nitrogens is 2. The Morgan fingerprint density at radius 3 is 2.88 bits per heavy atom. The van der Waals surface area contributed by atoms with E-state index in [1.54, 1.807) is 24.3 Å². The predicted octanol–water partition coefficient (Wildman–Crippen LogP) is 1.06. The minimum atomic E-state index is -3.45. The standard InChI is InChI=1S/C9H10N4O2S2/c10-8-3-1-2-7(4-8)6-17(14,15)12-9-5-11-13-16-9/h1-5,12H,6,10H2. The van der Waals surface area contributed by atoms with E-state index >= 15 is 0 Å². The van der Waals surface area contributed by atoms with Gasteiger partial charge in [-0.3, -0.25) is 4.72 Å². The van der Waals surface area contributed by atoms with Crippen molar-refractivity contribution in [3.63, 3.8) is 0 Å². The first kappa shape index (κ1) is 11.8. The average molecular weight is 270 g/mol. The first-order valence-corrected chi connectivity index (χ1v) is 7.10. The monoisotopic (exact) mass is 270 g/mol. The molecule has 0 amide bonds. The first-order valence-electron chi connectivity index (χ1n) is 4.67. The summed E-state index contributed by atoms with van der Waals surface area (Å²) in [6.45, 7) is 0. The zero-order chi connectivity index (χ0) is 12.3. The van der Waals surface area contributed by atoms with E-state index in [0.717, 1.165) is 11.5 Å². The Morgan fingerprint density at radius 2 is 2.24 bits per heavy atom. The van der Waals surface area contributed by atoms with Gasteiger partial charge in [0.25, 0.3) is 0 Å². The molecule has 0 atom stereocenters. The number of nitrogens with one attached hydrogen (secondary N) is 1. The van der Waals surface area contributed by atoms with Crippen molar-refractivity contribution in [3.8, 4) is 0 Å². The highest BCUT2D eigenvalue weighted by atomic mass is 32.2. The molecule has 90 valence electrons. The van der Waals surface area contributed by atoms with Crippen molar-refractivity contribution in [2.24, 2.45) is 0 Å². The Labute approximate surface area is 103 Å². The molecule has 0 aliphatic heterocycles. The number of nitrogen functional groups attached to an aromatic ring is 1. The maximum absolute atomic E-state index is 11.8. The van der Waals surface area contributed by atoms with Gasteiger partial charge in [0.15, 0.2) is 0 Å². The van der Waals surface area contributed by atoms with Gasteiger partial charge in [-0.15, -0.1) is 5.10 Å². The van der Waals surface area contributed by atoms with Gasteiger partial charge in [0.05, 0.1) is 11.9 Å². The summed E-state index contributed by atoms with van der Waals surface area (Å²) in [6.07, 6.45) is 1.36. The fourth-order valence-corrected chi connectivity index (χ4v) is 3.16. The maximum Gasteiger partial charge on any atom is 0.237 e. The largest absolute Gasteiger partial charge is 0.399 e. The smallest absolute Gasteiger partial charge is 0.237 e. The molecule has 0 bridgehead atoms. The van der Waals surface area contributed by atoms with Crippen molar-refractivity contribution in [3.05, 3.63) is 36.0 Å². The highest BCUT2D eigenvalue weighted by molar-refractivity contribution is 7.92. The Kier molecular flexibility index (Phi) is 3.25. The molecule has 6 nitrogen and oxygen atoms in total. The Bertz CT molecular complexity index is 595. The highest BCUT2D eigenvalue weighted by Crippen LogP contribution is 2.15. The third-order valence-corrected chi connectivity index (χ3v) is 3.88. The summed E-state index contributed by atoms with van der Waals surface area (Å²) in [6, 6.07) is 6.76. The summed E-state index contributed by atoms with van der Waals surface area (Å²) in [5, 5.41) is 3.95. The van der Waals surface area contributed by atoms with Crippen LogP contribution in [-0.4, -0.2) is 18.0 Å². The van der Waals surface area contributed by atoms with Crippen molar-refractivity contribution >= 4 is 32.2 Å². The van der Waals surface area contributed by atoms with E-state index in [1.165, 1.54) is 6.20 Å². The van der Waals surface area contributed by atoms with Gasteiger partial charge in [-0.2, -0.15) is 0 Å². The molecular weight excluding hydrogens is 260 g/mol.